The van der Waals surface area contributed by atoms with Gasteiger partial charge in [0.05, 0.1) is 20.3 Å². The zero-order valence-corrected chi connectivity index (χ0v) is 18.9. The Bertz CT molecular complexity index is 1200. The first-order valence-corrected chi connectivity index (χ1v) is 11.1. The predicted octanol–water partition coefficient (Wildman–Crippen LogP) is 5.95. The number of fused-ring (bicyclic) bond motifs is 2. The highest BCUT2D eigenvalue weighted by Gasteiger charge is 2.38. The second-order valence-electron chi connectivity index (χ2n) is 8.13. The van der Waals surface area contributed by atoms with Crippen molar-refractivity contribution in [2.24, 2.45) is 0 Å². The van der Waals surface area contributed by atoms with Crippen molar-refractivity contribution in [2.45, 2.75) is 18.9 Å². The Kier molecular flexibility index (Phi) is 5.40. The van der Waals surface area contributed by atoms with Crippen molar-refractivity contribution in [3.63, 3.8) is 0 Å². The summed E-state index contributed by atoms with van der Waals surface area (Å²) in [6, 6.07) is 21.3. The minimum atomic E-state index is -0.134. The zero-order valence-electron chi connectivity index (χ0n) is 18.1. The van der Waals surface area contributed by atoms with Crippen LogP contribution in [0.3, 0.4) is 0 Å². The van der Waals surface area contributed by atoms with Crippen LogP contribution in [0.5, 0.6) is 11.5 Å². The summed E-state index contributed by atoms with van der Waals surface area (Å²) >= 11 is 6.31. The monoisotopic (exact) mass is 445 g/mol. The number of benzene rings is 3. The van der Waals surface area contributed by atoms with E-state index in [4.69, 9.17) is 21.1 Å². The molecule has 0 saturated carbocycles. The number of carbonyl (C=O) groups is 1. The van der Waals surface area contributed by atoms with Gasteiger partial charge in [-0.05, 0) is 89.2 Å². The molecule has 0 saturated heterocycles. The summed E-state index contributed by atoms with van der Waals surface area (Å²) in [7, 11) is 3.28. The summed E-state index contributed by atoms with van der Waals surface area (Å²) in [5.41, 5.74) is 6.84. The summed E-state index contributed by atoms with van der Waals surface area (Å²) < 4.78 is 10.6. The van der Waals surface area contributed by atoms with Crippen molar-refractivity contribution in [1.29, 1.82) is 0 Å². The molecule has 0 N–H and O–H groups in total. The number of hydrogen-bond donors (Lipinski definition) is 0. The van der Waals surface area contributed by atoms with Gasteiger partial charge in [0.25, 0.3) is 5.91 Å². The lowest BCUT2D eigenvalue weighted by atomic mass is 9.88. The fourth-order valence-electron chi connectivity index (χ4n) is 4.86. The van der Waals surface area contributed by atoms with Crippen LogP contribution in [0.15, 0.2) is 72.3 Å². The van der Waals surface area contributed by atoms with E-state index < -0.39 is 0 Å². The molecule has 5 rings (SSSR count). The van der Waals surface area contributed by atoms with Crippen molar-refractivity contribution in [3.05, 3.63) is 99.6 Å². The third-order valence-electron chi connectivity index (χ3n) is 6.44. The standard InChI is InChI=1S/C27H24ClNO3/c1-31-21-9-4-17(5-10-21)26-25-15-19-3-8-20(28)16-24(19)23(25)13-14-29(26)27(30)18-6-11-22(32-2)12-7-18/h3-12,16,26H,13-15H2,1-2H3. The van der Waals surface area contributed by atoms with Gasteiger partial charge < -0.3 is 14.4 Å². The Morgan fingerprint density at radius 2 is 1.59 bits per heavy atom. The van der Waals surface area contributed by atoms with Crippen LogP contribution >= 0.6 is 11.6 Å². The minimum Gasteiger partial charge on any atom is -0.497 e. The Morgan fingerprint density at radius 3 is 2.25 bits per heavy atom. The van der Waals surface area contributed by atoms with Gasteiger partial charge in [0.2, 0.25) is 0 Å². The highest BCUT2D eigenvalue weighted by Crippen LogP contribution is 2.47. The number of carbonyl (C=O) groups excluding carboxylic acids is 1. The molecule has 2 aliphatic rings. The molecule has 0 aromatic heterocycles. The number of methoxy groups -OCH3 is 2. The number of nitrogens with zero attached hydrogens (tertiary/aromatic N) is 1. The fraction of sp³-hybridized carbons (Fsp3) is 0.222. The number of amides is 1. The van der Waals surface area contributed by atoms with E-state index in [2.05, 4.69) is 24.3 Å². The Hall–Kier alpha value is -3.24. The molecule has 0 radical (unpaired) electrons. The van der Waals surface area contributed by atoms with Crippen LogP contribution in [0.2, 0.25) is 5.02 Å². The van der Waals surface area contributed by atoms with E-state index in [0.717, 1.165) is 34.9 Å². The summed E-state index contributed by atoms with van der Waals surface area (Å²) in [6.45, 7) is 0.645. The van der Waals surface area contributed by atoms with Crippen LogP contribution in [0.25, 0.3) is 5.57 Å². The molecule has 0 fully saturated rings. The fourth-order valence-corrected chi connectivity index (χ4v) is 5.03. The van der Waals surface area contributed by atoms with Crippen molar-refractivity contribution < 1.29 is 14.3 Å². The lowest BCUT2D eigenvalue weighted by Crippen LogP contribution is -2.39. The van der Waals surface area contributed by atoms with E-state index in [1.54, 1.807) is 14.2 Å². The largest absolute Gasteiger partial charge is 0.497 e. The van der Waals surface area contributed by atoms with E-state index in [0.29, 0.717) is 12.1 Å². The van der Waals surface area contributed by atoms with Crippen molar-refractivity contribution in [3.8, 4) is 11.5 Å². The zero-order chi connectivity index (χ0) is 22.2. The number of hydrogen-bond acceptors (Lipinski definition) is 3. The van der Waals surface area contributed by atoms with Crippen LogP contribution in [-0.4, -0.2) is 31.6 Å². The molecule has 1 atom stereocenters. The molecule has 1 aliphatic carbocycles. The maximum Gasteiger partial charge on any atom is 0.254 e. The smallest absolute Gasteiger partial charge is 0.254 e. The van der Waals surface area contributed by atoms with Crippen molar-refractivity contribution >= 4 is 23.1 Å². The molecule has 32 heavy (non-hydrogen) atoms. The van der Waals surface area contributed by atoms with Gasteiger partial charge in [-0.15, -0.1) is 0 Å². The Labute approximate surface area is 193 Å². The first-order valence-electron chi connectivity index (χ1n) is 10.7. The van der Waals surface area contributed by atoms with Crippen LogP contribution in [0.4, 0.5) is 0 Å². The average Bonchev–Trinajstić information content (AvgIpc) is 3.21. The molecule has 1 heterocycles. The molecule has 3 aromatic rings. The second-order valence-corrected chi connectivity index (χ2v) is 8.57. The molecule has 1 amide bonds. The molecule has 1 aliphatic heterocycles. The molecule has 162 valence electrons. The molecule has 0 spiro atoms. The van der Waals surface area contributed by atoms with E-state index in [1.165, 1.54) is 22.3 Å². The SMILES string of the molecule is COc1ccc(C(=O)N2CCC3=C(Cc4ccc(Cl)cc43)C2c2ccc(OC)cc2)cc1. The molecule has 5 heteroatoms. The predicted molar refractivity (Wildman–Crippen MR) is 126 cm³/mol. The quantitative estimate of drug-likeness (QED) is 0.497. The van der Waals surface area contributed by atoms with E-state index in [-0.39, 0.29) is 11.9 Å². The van der Waals surface area contributed by atoms with Gasteiger partial charge in [0.1, 0.15) is 11.5 Å². The topological polar surface area (TPSA) is 38.8 Å². The number of rotatable bonds is 4. The molecular weight excluding hydrogens is 422 g/mol. The van der Waals surface area contributed by atoms with Crippen molar-refractivity contribution in [1.82, 2.24) is 4.90 Å². The third-order valence-corrected chi connectivity index (χ3v) is 6.67. The summed E-state index contributed by atoms with van der Waals surface area (Å²) in [6.07, 6.45) is 1.64. The molecule has 3 aromatic carbocycles. The Morgan fingerprint density at radius 1 is 0.938 bits per heavy atom. The van der Waals surface area contributed by atoms with Crippen LogP contribution in [0.1, 0.15) is 39.5 Å². The van der Waals surface area contributed by atoms with Gasteiger partial charge in [0.15, 0.2) is 0 Å². The molecule has 4 nitrogen and oxygen atoms in total. The minimum absolute atomic E-state index is 0.0222. The highest BCUT2D eigenvalue weighted by atomic mass is 35.5. The van der Waals surface area contributed by atoms with Crippen LogP contribution in [0, 0.1) is 0 Å². The normalized spacial score (nSPS) is 17.1. The van der Waals surface area contributed by atoms with E-state index in [9.17, 15) is 4.79 Å². The summed E-state index contributed by atoms with van der Waals surface area (Å²) in [4.78, 5) is 15.6. The lowest BCUT2D eigenvalue weighted by Gasteiger charge is -2.38. The molecule has 1 unspecified atom stereocenters. The maximum atomic E-state index is 13.6. The number of halogens is 1. The first-order chi connectivity index (χ1) is 15.6. The first kappa shape index (κ1) is 20.7. The summed E-state index contributed by atoms with van der Waals surface area (Å²) in [5.74, 6) is 1.56. The number of ether oxygens (including phenoxy) is 2. The van der Waals surface area contributed by atoms with Gasteiger partial charge in [-0.2, -0.15) is 0 Å². The third kappa shape index (κ3) is 3.55. The lowest BCUT2D eigenvalue weighted by molar-refractivity contribution is 0.0698. The molecular formula is C27H24ClNO3. The summed E-state index contributed by atoms with van der Waals surface area (Å²) in [5, 5.41) is 0.746. The van der Waals surface area contributed by atoms with Gasteiger partial charge in [0, 0.05) is 17.1 Å². The van der Waals surface area contributed by atoms with Gasteiger partial charge in [-0.25, -0.2) is 0 Å². The average molecular weight is 446 g/mol. The second kappa shape index (κ2) is 8.36. The van der Waals surface area contributed by atoms with Gasteiger partial charge in [-0.1, -0.05) is 29.8 Å². The Balaban J connectivity index is 1.57. The van der Waals surface area contributed by atoms with Crippen molar-refractivity contribution in [2.75, 3.05) is 20.8 Å². The van der Waals surface area contributed by atoms with Gasteiger partial charge >= 0.3 is 0 Å². The molecule has 0 bridgehead atoms. The van der Waals surface area contributed by atoms with E-state index in [1.807, 2.05) is 47.4 Å². The van der Waals surface area contributed by atoms with E-state index >= 15 is 0 Å². The van der Waals surface area contributed by atoms with Gasteiger partial charge in [-0.3, -0.25) is 4.79 Å². The van der Waals surface area contributed by atoms with Crippen LogP contribution < -0.4 is 9.47 Å². The maximum absolute atomic E-state index is 13.6. The van der Waals surface area contributed by atoms with Crippen LogP contribution in [-0.2, 0) is 6.42 Å². The highest BCUT2D eigenvalue weighted by molar-refractivity contribution is 6.30.